The number of anilines is 1. The maximum Gasteiger partial charge on any atom is 0.280 e. The summed E-state index contributed by atoms with van der Waals surface area (Å²) in [6, 6.07) is 26.2. The molecule has 0 aliphatic carbocycles. The molecule has 1 amide bonds. The van der Waals surface area contributed by atoms with Gasteiger partial charge in [-0.1, -0.05) is 76.6 Å². The summed E-state index contributed by atoms with van der Waals surface area (Å²) in [4.78, 5) is 26.7. The van der Waals surface area contributed by atoms with E-state index in [2.05, 4.69) is 26.3 Å². The Morgan fingerprint density at radius 2 is 1.48 bits per heavy atom. The minimum Gasteiger partial charge on any atom is -0.322 e. The van der Waals surface area contributed by atoms with Crippen molar-refractivity contribution in [3.8, 4) is 22.4 Å². The molecule has 0 bridgehead atoms. The van der Waals surface area contributed by atoms with Crippen LogP contribution in [0.2, 0.25) is 0 Å². The Morgan fingerprint density at radius 1 is 0.903 bits per heavy atom. The molecule has 6 heteroatoms. The highest BCUT2D eigenvalue weighted by Crippen LogP contribution is 2.32. The van der Waals surface area contributed by atoms with E-state index in [1.54, 1.807) is 12.1 Å². The van der Waals surface area contributed by atoms with Crippen molar-refractivity contribution in [2.24, 2.45) is 0 Å². The van der Waals surface area contributed by atoms with Gasteiger partial charge in [-0.2, -0.15) is 5.10 Å². The molecule has 31 heavy (non-hydrogen) atoms. The van der Waals surface area contributed by atoms with E-state index in [9.17, 15) is 9.59 Å². The molecule has 0 saturated heterocycles. The number of halogens is 1. The Balaban J connectivity index is 1.97. The number of carbonyl (C=O) groups is 1. The molecule has 0 unspecified atom stereocenters. The van der Waals surface area contributed by atoms with E-state index in [0.29, 0.717) is 23.5 Å². The second kappa shape index (κ2) is 9.10. The van der Waals surface area contributed by atoms with Gasteiger partial charge in [-0.05, 0) is 36.8 Å². The van der Waals surface area contributed by atoms with Crippen molar-refractivity contribution in [3.63, 3.8) is 0 Å². The van der Waals surface area contributed by atoms with E-state index >= 15 is 0 Å². The van der Waals surface area contributed by atoms with E-state index in [-0.39, 0.29) is 5.56 Å². The molecule has 1 heterocycles. The molecule has 0 atom stereocenters. The highest BCUT2D eigenvalue weighted by Gasteiger charge is 2.25. The second-order valence-corrected chi connectivity index (χ2v) is 7.83. The molecule has 154 valence electrons. The molecule has 4 aromatic rings. The molecule has 3 aromatic carbocycles. The molecule has 1 aromatic heterocycles. The van der Waals surface area contributed by atoms with Gasteiger partial charge in [0.25, 0.3) is 11.5 Å². The predicted octanol–water partition coefficient (Wildman–Crippen LogP) is 5.61. The smallest absolute Gasteiger partial charge is 0.280 e. The number of nitrogens with one attached hydrogen (secondary N) is 1. The topological polar surface area (TPSA) is 64.0 Å². The number of aromatic nitrogens is 2. The lowest BCUT2D eigenvalue weighted by Crippen LogP contribution is -2.32. The summed E-state index contributed by atoms with van der Waals surface area (Å²) in [7, 11) is 0. The molecule has 5 nitrogen and oxygen atoms in total. The maximum absolute atomic E-state index is 13.4. The SMILES string of the molecule is CCn1nc(-c2ccccc2)c(-c2ccccc2)c(C(=O)Nc2ccc(Br)cc2)c1=O. The fourth-order valence-corrected chi connectivity index (χ4v) is 3.67. The van der Waals surface area contributed by atoms with Gasteiger partial charge in [0.1, 0.15) is 5.56 Å². The Kier molecular flexibility index (Phi) is 6.09. The Hall–Kier alpha value is -3.51. The first-order valence-corrected chi connectivity index (χ1v) is 10.7. The van der Waals surface area contributed by atoms with Gasteiger partial charge in [0.05, 0.1) is 5.69 Å². The van der Waals surface area contributed by atoms with Crippen LogP contribution in [0.3, 0.4) is 0 Å². The summed E-state index contributed by atoms with van der Waals surface area (Å²) in [6.45, 7) is 2.19. The summed E-state index contributed by atoms with van der Waals surface area (Å²) >= 11 is 3.39. The third-order valence-corrected chi connectivity index (χ3v) is 5.42. The number of carbonyl (C=O) groups excluding carboxylic acids is 1. The zero-order valence-corrected chi connectivity index (χ0v) is 18.5. The summed E-state index contributed by atoms with van der Waals surface area (Å²) in [6.07, 6.45) is 0. The summed E-state index contributed by atoms with van der Waals surface area (Å²) < 4.78 is 2.24. The number of hydrogen-bond acceptors (Lipinski definition) is 3. The van der Waals surface area contributed by atoms with Crippen LogP contribution in [-0.2, 0) is 6.54 Å². The Bertz CT molecular complexity index is 1270. The normalized spacial score (nSPS) is 10.6. The van der Waals surface area contributed by atoms with Gasteiger partial charge in [-0.3, -0.25) is 9.59 Å². The van der Waals surface area contributed by atoms with Crippen molar-refractivity contribution < 1.29 is 4.79 Å². The van der Waals surface area contributed by atoms with Crippen molar-refractivity contribution in [1.82, 2.24) is 9.78 Å². The van der Waals surface area contributed by atoms with E-state index < -0.39 is 11.5 Å². The van der Waals surface area contributed by atoms with E-state index in [1.165, 1.54) is 4.68 Å². The summed E-state index contributed by atoms with van der Waals surface area (Å²) in [5.74, 6) is -0.465. The van der Waals surface area contributed by atoms with Crippen molar-refractivity contribution in [3.05, 3.63) is 105 Å². The number of aryl methyl sites for hydroxylation is 1. The maximum atomic E-state index is 13.4. The number of rotatable bonds is 5. The first-order chi connectivity index (χ1) is 15.1. The molecule has 0 aliphatic heterocycles. The van der Waals surface area contributed by atoms with Crippen LogP contribution < -0.4 is 10.9 Å². The van der Waals surface area contributed by atoms with Gasteiger partial charge >= 0.3 is 0 Å². The third-order valence-electron chi connectivity index (χ3n) is 4.89. The van der Waals surface area contributed by atoms with Crippen LogP contribution in [0.15, 0.2) is 94.2 Å². The van der Waals surface area contributed by atoms with E-state index in [0.717, 1.165) is 15.6 Å². The van der Waals surface area contributed by atoms with Gasteiger partial charge in [-0.25, -0.2) is 4.68 Å². The van der Waals surface area contributed by atoms with Crippen molar-refractivity contribution >= 4 is 27.5 Å². The number of hydrogen-bond donors (Lipinski definition) is 1. The highest BCUT2D eigenvalue weighted by molar-refractivity contribution is 9.10. The molecule has 1 N–H and O–H groups in total. The molecule has 4 rings (SSSR count). The molecule has 0 radical (unpaired) electrons. The number of nitrogens with zero attached hydrogens (tertiary/aromatic N) is 2. The molecular formula is C25H20BrN3O2. The van der Waals surface area contributed by atoms with E-state index in [4.69, 9.17) is 0 Å². The molecule has 0 spiro atoms. The zero-order valence-electron chi connectivity index (χ0n) is 16.9. The number of amides is 1. The van der Waals surface area contributed by atoms with Crippen molar-refractivity contribution in [2.75, 3.05) is 5.32 Å². The van der Waals surface area contributed by atoms with Crippen LogP contribution in [0.5, 0.6) is 0 Å². The van der Waals surface area contributed by atoms with Crippen LogP contribution >= 0.6 is 15.9 Å². The van der Waals surface area contributed by atoms with Crippen LogP contribution in [0.4, 0.5) is 5.69 Å². The van der Waals surface area contributed by atoms with Gasteiger partial charge in [0, 0.05) is 27.8 Å². The average molecular weight is 474 g/mol. The number of benzene rings is 3. The lowest BCUT2D eigenvalue weighted by molar-refractivity contribution is 0.102. The first-order valence-electron chi connectivity index (χ1n) is 9.91. The van der Waals surface area contributed by atoms with Crippen molar-refractivity contribution in [1.29, 1.82) is 0 Å². The van der Waals surface area contributed by atoms with Crippen molar-refractivity contribution in [2.45, 2.75) is 13.5 Å². The van der Waals surface area contributed by atoms with Gasteiger partial charge in [0.2, 0.25) is 0 Å². The largest absolute Gasteiger partial charge is 0.322 e. The Morgan fingerprint density at radius 3 is 2.06 bits per heavy atom. The van der Waals surface area contributed by atoms with Crippen LogP contribution in [0.25, 0.3) is 22.4 Å². The highest BCUT2D eigenvalue weighted by atomic mass is 79.9. The minimum atomic E-state index is -0.465. The lowest BCUT2D eigenvalue weighted by atomic mass is 9.95. The fourth-order valence-electron chi connectivity index (χ4n) is 3.41. The second-order valence-electron chi connectivity index (χ2n) is 6.91. The summed E-state index contributed by atoms with van der Waals surface area (Å²) in [5, 5.41) is 7.48. The molecule has 0 fully saturated rings. The first kappa shape index (κ1) is 20.8. The molecular weight excluding hydrogens is 454 g/mol. The quantitative estimate of drug-likeness (QED) is 0.409. The molecule has 0 saturated carbocycles. The summed E-state index contributed by atoms with van der Waals surface area (Å²) in [5.41, 5.74) is 2.97. The van der Waals surface area contributed by atoms with Gasteiger partial charge in [-0.15, -0.1) is 0 Å². The van der Waals surface area contributed by atoms with Crippen LogP contribution in [0.1, 0.15) is 17.3 Å². The fraction of sp³-hybridized carbons (Fsp3) is 0.0800. The van der Waals surface area contributed by atoms with Gasteiger partial charge in [0.15, 0.2) is 0 Å². The monoisotopic (exact) mass is 473 g/mol. The standard InChI is InChI=1S/C25H20BrN3O2/c1-2-29-25(31)22(24(30)27-20-15-13-19(26)14-16-20)21(17-9-5-3-6-10-17)23(28-29)18-11-7-4-8-12-18/h3-16H,2H2,1H3,(H,27,30). The van der Waals surface area contributed by atoms with E-state index in [1.807, 2.05) is 79.7 Å². The third kappa shape index (κ3) is 4.34. The Labute approximate surface area is 188 Å². The lowest BCUT2D eigenvalue weighted by Gasteiger charge is -2.17. The van der Waals surface area contributed by atoms with Gasteiger partial charge < -0.3 is 5.32 Å². The van der Waals surface area contributed by atoms with Crippen LogP contribution in [0, 0.1) is 0 Å². The van der Waals surface area contributed by atoms with Crippen LogP contribution in [-0.4, -0.2) is 15.7 Å². The minimum absolute atomic E-state index is 0.0739. The average Bonchev–Trinajstić information content (AvgIpc) is 2.81. The zero-order chi connectivity index (χ0) is 21.8. The molecule has 0 aliphatic rings. The predicted molar refractivity (Wildman–Crippen MR) is 127 cm³/mol.